The molecule has 102 valence electrons. The van der Waals surface area contributed by atoms with E-state index in [9.17, 15) is 4.79 Å². The maximum Gasteiger partial charge on any atom is 0.332 e. The van der Waals surface area contributed by atoms with Crippen molar-refractivity contribution in [1.29, 1.82) is 0 Å². The predicted octanol–water partition coefficient (Wildman–Crippen LogP) is 3.43. The van der Waals surface area contributed by atoms with Crippen LogP contribution in [0.25, 0.3) is 0 Å². The molecule has 0 aliphatic carbocycles. The van der Waals surface area contributed by atoms with Gasteiger partial charge in [0.1, 0.15) is 0 Å². The number of carbonyl (C=O) groups excluding carboxylic acids is 1. The topological polar surface area (TPSA) is 29.5 Å². The number of aryl methyl sites for hydroxylation is 1. The number of nitrogens with zero attached hydrogens (tertiary/aromatic N) is 1. The van der Waals surface area contributed by atoms with Gasteiger partial charge in [-0.2, -0.15) is 0 Å². The number of ether oxygens (including phenoxy) is 1. The minimum atomic E-state index is -0.239. The van der Waals surface area contributed by atoms with Crippen molar-refractivity contribution in [3.8, 4) is 0 Å². The van der Waals surface area contributed by atoms with Gasteiger partial charge in [0.15, 0.2) is 0 Å². The van der Waals surface area contributed by atoms with Crippen LogP contribution >= 0.6 is 0 Å². The second kappa shape index (κ2) is 6.41. The van der Waals surface area contributed by atoms with E-state index in [1.165, 1.54) is 5.56 Å². The Morgan fingerprint density at radius 2 is 2.05 bits per heavy atom. The summed E-state index contributed by atoms with van der Waals surface area (Å²) >= 11 is 0. The van der Waals surface area contributed by atoms with Crippen LogP contribution in [0.4, 0.5) is 5.69 Å². The number of piperidine rings is 1. The van der Waals surface area contributed by atoms with Crippen LogP contribution < -0.4 is 4.90 Å². The van der Waals surface area contributed by atoms with E-state index >= 15 is 0 Å². The van der Waals surface area contributed by atoms with E-state index in [4.69, 9.17) is 4.74 Å². The minimum absolute atomic E-state index is 0.239. The van der Waals surface area contributed by atoms with E-state index < -0.39 is 0 Å². The molecule has 1 saturated heterocycles. The number of carbonyl (C=O) groups is 1. The lowest BCUT2D eigenvalue weighted by Gasteiger charge is -2.31. The van der Waals surface area contributed by atoms with Crippen LogP contribution in [0.3, 0.4) is 0 Å². The summed E-state index contributed by atoms with van der Waals surface area (Å²) in [7, 11) is 0. The second-order valence-electron chi connectivity index (χ2n) is 4.83. The molecule has 1 aliphatic rings. The first-order valence-corrected chi connectivity index (χ1v) is 6.92. The Labute approximate surface area is 114 Å². The van der Waals surface area contributed by atoms with Crippen molar-refractivity contribution >= 4 is 11.7 Å². The average molecular weight is 259 g/mol. The van der Waals surface area contributed by atoms with Gasteiger partial charge in [-0.25, -0.2) is 4.79 Å². The zero-order valence-electron chi connectivity index (χ0n) is 11.7. The summed E-state index contributed by atoms with van der Waals surface area (Å²) in [5, 5.41) is 0. The Balaban J connectivity index is 2.20. The summed E-state index contributed by atoms with van der Waals surface area (Å²) in [6.45, 7) is 5.30. The van der Waals surface area contributed by atoms with Crippen LogP contribution in [0.15, 0.2) is 36.0 Å². The summed E-state index contributed by atoms with van der Waals surface area (Å²) in [5.74, 6) is -0.239. The summed E-state index contributed by atoms with van der Waals surface area (Å²) in [6.07, 6.45) is 4.87. The van der Waals surface area contributed by atoms with Gasteiger partial charge >= 0.3 is 5.97 Å². The monoisotopic (exact) mass is 259 g/mol. The summed E-state index contributed by atoms with van der Waals surface area (Å²) in [6, 6.07) is 8.43. The first-order valence-electron chi connectivity index (χ1n) is 6.92. The highest BCUT2D eigenvalue weighted by Gasteiger charge is 2.17. The molecule has 1 aliphatic heterocycles. The van der Waals surface area contributed by atoms with E-state index in [2.05, 4.69) is 36.1 Å². The Morgan fingerprint density at radius 3 is 2.74 bits per heavy atom. The molecule has 0 unspecified atom stereocenters. The molecule has 0 bridgehead atoms. The molecule has 1 aromatic carbocycles. The number of esters is 1. The van der Waals surface area contributed by atoms with E-state index in [1.807, 2.05) is 6.92 Å². The van der Waals surface area contributed by atoms with Crippen molar-refractivity contribution in [3.05, 3.63) is 41.6 Å². The first kappa shape index (κ1) is 13.7. The van der Waals surface area contributed by atoms with Crippen molar-refractivity contribution < 1.29 is 9.53 Å². The van der Waals surface area contributed by atoms with Gasteiger partial charge in [0.25, 0.3) is 0 Å². The van der Waals surface area contributed by atoms with Crippen molar-refractivity contribution in [3.63, 3.8) is 0 Å². The molecule has 0 spiro atoms. The van der Waals surface area contributed by atoms with Crippen molar-refractivity contribution in [2.45, 2.75) is 33.1 Å². The lowest BCUT2D eigenvalue weighted by Crippen LogP contribution is -2.28. The van der Waals surface area contributed by atoms with Gasteiger partial charge in [-0.15, -0.1) is 0 Å². The molecule has 0 aromatic heterocycles. The fourth-order valence-corrected chi connectivity index (χ4v) is 2.34. The third-order valence-corrected chi connectivity index (χ3v) is 3.33. The van der Waals surface area contributed by atoms with Gasteiger partial charge in [-0.1, -0.05) is 17.7 Å². The third-order valence-electron chi connectivity index (χ3n) is 3.33. The van der Waals surface area contributed by atoms with Crippen molar-refractivity contribution in [2.24, 2.45) is 0 Å². The molecule has 1 heterocycles. The molecular formula is C16H21NO2. The Kier molecular flexibility index (Phi) is 4.61. The molecule has 0 N–H and O–H groups in total. The summed E-state index contributed by atoms with van der Waals surface area (Å²) in [4.78, 5) is 13.8. The summed E-state index contributed by atoms with van der Waals surface area (Å²) in [5.41, 5.74) is 3.46. The molecule has 0 amide bonds. The molecule has 2 rings (SSSR count). The van der Waals surface area contributed by atoms with Crippen LogP contribution in [0.1, 0.15) is 31.7 Å². The standard InChI is InChI=1S/C16H21NO2/c1-3-19-16(18)12-15-6-4-5-11-17(15)14-9-7-13(2)8-10-14/h7-10,12H,3-6,11H2,1-2H3/b15-12-. The van der Waals surface area contributed by atoms with Gasteiger partial charge in [0, 0.05) is 24.0 Å². The van der Waals surface area contributed by atoms with Crippen LogP contribution in [0.5, 0.6) is 0 Å². The van der Waals surface area contributed by atoms with Gasteiger partial charge in [-0.05, 0) is 45.2 Å². The minimum Gasteiger partial charge on any atom is -0.463 e. The maximum absolute atomic E-state index is 11.6. The van der Waals surface area contributed by atoms with Crippen LogP contribution in [-0.4, -0.2) is 19.1 Å². The van der Waals surface area contributed by atoms with Gasteiger partial charge in [-0.3, -0.25) is 0 Å². The van der Waals surface area contributed by atoms with Gasteiger partial charge in [0.05, 0.1) is 6.61 Å². The van der Waals surface area contributed by atoms with E-state index in [-0.39, 0.29) is 5.97 Å². The van der Waals surface area contributed by atoms with Crippen molar-refractivity contribution in [1.82, 2.24) is 0 Å². The Bertz CT molecular complexity index is 462. The zero-order chi connectivity index (χ0) is 13.7. The fourth-order valence-electron chi connectivity index (χ4n) is 2.34. The molecule has 3 nitrogen and oxygen atoms in total. The lowest BCUT2D eigenvalue weighted by molar-refractivity contribution is -0.137. The highest BCUT2D eigenvalue weighted by molar-refractivity contribution is 5.83. The predicted molar refractivity (Wildman–Crippen MR) is 77.1 cm³/mol. The molecule has 1 aromatic rings. The molecule has 19 heavy (non-hydrogen) atoms. The van der Waals surface area contributed by atoms with Crippen LogP contribution in [-0.2, 0) is 9.53 Å². The quantitative estimate of drug-likeness (QED) is 0.615. The lowest BCUT2D eigenvalue weighted by atomic mass is 10.1. The second-order valence-corrected chi connectivity index (χ2v) is 4.83. The normalized spacial score (nSPS) is 17.6. The van der Waals surface area contributed by atoms with Gasteiger partial charge < -0.3 is 9.64 Å². The number of hydrogen-bond donors (Lipinski definition) is 0. The van der Waals surface area contributed by atoms with Crippen LogP contribution in [0, 0.1) is 6.92 Å². The highest BCUT2D eigenvalue weighted by Crippen LogP contribution is 2.27. The summed E-state index contributed by atoms with van der Waals surface area (Å²) < 4.78 is 5.01. The van der Waals surface area contributed by atoms with Crippen LogP contribution in [0.2, 0.25) is 0 Å². The third kappa shape index (κ3) is 3.60. The van der Waals surface area contributed by atoms with E-state index in [0.717, 1.165) is 37.2 Å². The SMILES string of the molecule is CCOC(=O)/C=C1/CCCCN1c1ccc(C)cc1. The zero-order valence-corrected chi connectivity index (χ0v) is 11.7. The maximum atomic E-state index is 11.6. The fraction of sp³-hybridized carbons (Fsp3) is 0.438. The smallest absolute Gasteiger partial charge is 0.332 e. The highest BCUT2D eigenvalue weighted by atomic mass is 16.5. The molecular weight excluding hydrogens is 238 g/mol. The molecule has 0 radical (unpaired) electrons. The number of allylic oxidation sites excluding steroid dienone is 1. The Morgan fingerprint density at radius 1 is 1.32 bits per heavy atom. The van der Waals surface area contributed by atoms with Crippen molar-refractivity contribution in [2.75, 3.05) is 18.1 Å². The van der Waals surface area contributed by atoms with E-state index in [1.54, 1.807) is 6.08 Å². The first-order chi connectivity index (χ1) is 9.20. The van der Waals surface area contributed by atoms with E-state index in [0.29, 0.717) is 6.61 Å². The number of anilines is 1. The molecule has 3 heteroatoms. The Hall–Kier alpha value is -1.77. The van der Waals surface area contributed by atoms with Gasteiger partial charge in [0.2, 0.25) is 0 Å². The largest absolute Gasteiger partial charge is 0.463 e. The molecule has 0 saturated carbocycles. The average Bonchev–Trinajstić information content (AvgIpc) is 2.41. The number of hydrogen-bond acceptors (Lipinski definition) is 3. The molecule has 1 fully saturated rings. The molecule has 0 atom stereocenters. The number of benzene rings is 1. The number of rotatable bonds is 3.